The average molecular weight is 397 g/mol. The standard InChI is InChI=1S/C21H27N5O3/c1-29-18-9-7-16(8-10-18)13-24-11-12-25(15-20(24)27)21(28)19-14-26(23-22-19)17-5-3-2-4-6-17/h7-10,14,17H,2-6,11-13,15H2,1H3. The summed E-state index contributed by atoms with van der Waals surface area (Å²) in [5.41, 5.74) is 1.36. The van der Waals surface area contributed by atoms with Gasteiger partial charge in [0.1, 0.15) is 12.3 Å². The summed E-state index contributed by atoms with van der Waals surface area (Å²) in [6.07, 6.45) is 7.56. The molecule has 0 bridgehead atoms. The molecule has 2 heterocycles. The van der Waals surface area contributed by atoms with Gasteiger partial charge in [0.15, 0.2) is 5.69 Å². The van der Waals surface area contributed by atoms with Gasteiger partial charge < -0.3 is 14.5 Å². The van der Waals surface area contributed by atoms with Crippen molar-refractivity contribution in [2.75, 3.05) is 26.7 Å². The number of piperazine rings is 1. The molecule has 2 aliphatic rings. The number of amides is 2. The van der Waals surface area contributed by atoms with Crippen LogP contribution in [0.3, 0.4) is 0 Å². The fourth-order valence-electron chi connectivity index (χ4n) is 4.06. The molecule has 1 saturated heterocycles. The summed E-state index contributed by atoms with van der Waals surface area (Å²) >= 11 is 0. The molecule has 8 heteroatoms. The Hall–Kier alpha value is -2.90. The van der Waals surface area contributed by atoms with Crippen LogP contribution in [0.2, 0.25) is 0 Å². The van der Waals surface area contributed by atoms with E-state index >= 15 is 0 Å². The molecule has 0 unspecified atom stereocenters. The molecule has 0 radical (unpaired) electrons. The Labute approximate surface area is 170 Å². The highest BCUT2D eigenvalue weighted by Crippen LogP contribution is 2.27. The number of rotatable bonds is 5. The van der Waals surface area contributed by atoms with Crippen LogP contribution in [-0.4, -0.2) is 63.4 Å². The molecule has 0 spiro atoms. The molecular formula is C21H27N5O3. The summed E-state index contributed by atoms with van der Waals surface area (Å²) in [6.45, 7) is 1.61. The van der Waals surface area contributed by atoms with Gasteiger partial charge in [-0.2, -0.15) is 0 Å². The van der Waals surface area contributed by atoms with E-state index in [1.807, 2.05) is 28.9 Å². The lowest BCUT2D eigenvalue weighted by Gasteiger charge is -2.34. The molecule has 2 amide bonds. The first-order valence-corrected chi connectivity index (χ1v) is 10.3. The average Bonchev–Trinajstić information content (AvgIpc) is 3.26. The predicted molar refractivity (Wildman–Crippen MR) is 106 cm³/mol. The van der Waals surface area contributed by atoms with Gasteiger partial charge in [-0.05, 0) is 30.5 Å². The van der Waals surface area contributed by atoms with Gasteiger partial charge in [0.2, 0.25) is 5.91 Å². The number of nitrogens with zero attached hydrogens (tertiary/aromatic N) is 5. The van der Waals surface area contributed by atoms with Crippen LogP contribution >= 0.6 is 0 Å². The molecule has 2 fully saturated rings. The van der Waals surface area contributed by atoms with E-state index in [0.717, 1.165) is 24.2 Å². The van der Waals surface area contributed by atoms with Crippen LogP contribution < -0.4 is 4.74 Å². The minimum Gasteiger partial charge on any atom is -0.497 e. The highest BCUT2D eigenvalue weighted by molar-refractivity contribution is 5.95. The molecule has 1 aromatic heterocycles. The molecule has 1 aliphatic carbocycles. The highest BCUT2D eigenvalue weighted by Gasteiger charge is 2.29. The lowest BCUT2D eigenvalue weighted by Crippen LogP contribution is -2.51. The second kappa shape index (κ2) is 8.63. The topological polar surface area (TPSA) is 80.6 Å². The van der Waals surface area contributed by atoms with Gasteiger partial charge in [-0.25, -0.2) is 4.68 Å². The second-order valence-corrected chi connectivity index (χ2v) is 7.77. The molecule has 1 saturated carbocycles. The van der Waals surface area contributed by atoms with Crippen LogP contribution in [0, 0.1) is 0 Å². The van der Waals surface area contributed by atoms with Crippen molar-refractivity contribution in [2.45, 2.75) is 44.7 Å². The van der Waals surface area contributed by atoms with Crippen molar-refractivity contribution < 1.29 is 14.3 Å². The molecule has 1 aliphatic heterocycles. The summed E-state index contributed by atoms with van der Waals surface area (Å²) in [7, 11) is 1.63. The number of carbonyl (C=O) groups is 2. The zero-order valence-electron chi connectivity index (χ0n) is 16.8. The van der Waals surface area contributed by atoms with E-state index in [9.17, 15) is 9.59 Å². The summed E-state index contributed by atoms with van der Waals surface area (Å²) < 4.78 is 6.99. The third-order valence-electron chi connectivity index (χ3n) is 5.82. The van der Waals surface area contributed by atoms with Crippen LogP contribution in [0.5, 0.6) is 5.75 Å². The van der Waals surface area contributed by atoms with Crippen molar-refractivity contribution in [3.63, 3.8) is 0 Å². The Morgan fingerprint density at radius 3 is 2.59 bits per heavy atom. The van der Waals surface area contributed by atoms with Gasteiger partial charge in [0.05, 0.1) is 19.3 Å². The minimum absolute atomic E-state index is 0.0555. The molecule has 0 atom stereocenters. The third-order valence-corrected chi connectivity index (χ3v) is 5.82. The van der Waals surface area contributed by atoms with Gasteiger partial charge in [-0.15, -0.1) is 5.10 Å². The molecule has 1 aromatic carbocycles. The molecule has 154 valence electrons. The monoisotopic (exact) mass is 397 g/mol. The van der Waals surface area contributed by atoms with Crippen molar-refractivity contribution in [1.82, 2.24) is 24.8 Å². The fraction of sp³-hybridized carbons (Fsp3) is 0.524. The van der Waals surface area contributed by atoms with Gasteiger partial charge in [0.25, 0.3) is 5.91 Å². The van der Waals surface area contributed by atoms with Crippen LogP contribution in [0.4, 0.5) is 0 Å². The van der Waals surface area contributed by atoms with Crippen LogP contribution in [0.25, 0.3) is 0 Å². The fourth-order valence-corrected chi connectivity index (χ4v) is 4.06. The Morgan fingerprint density at radius 2 is 1.90 bits per heavy atom. The molecule has 29 heavy (non-hydrogen) atoms. The number of hydrogen-bond donors (Lipinski definition) is 0. The van der Waals surface area contributed by atoms with Crippen molar-refractivity contribution in [3.8, 4) is 5.75 Å². The number of hydrogen-bond acceptors (Lipinski definition) is 5. The first-order valence-electron chi connectivity index (χ1n) is 10.3. The summed E-state index contributed by atoms with van der Waals surface area (Å²) in [4.78, 5) is 28.7. The molecule has 4 rings (SSSR count). The Balaban J connectivity index is 1.34. The maximum absolute atomic E-state index is 12.8. The van der Waals surface area contributed by atoms with Crippen LogP contribution in [0.1, 0.15) is 54.2 Å². The van der Waals surface area contributed by atoms with Crippen LogP contribution in [0.15, 0.2) is 30.5 Å². The first kappa shape index (κ1) is 19.4. The number of methoxy groups -OCH3 is 1. The Kier molecular flexibility index (Phi) is 5.78. The Morgan fingerprint density at radius 1 is 1.14 bits per heavy atom. The summed E-state index contributed by atoms with van der Waals surface area (Å²) in [6, 6.07) is 8.01. The van der Waals surface area contributed by atoms with Crippen LogP contribution in [-0.2, 0) is 11.3 Å². The number of aromatic nitrogens is 3. The van der Waals surface area contributed by atoms with Crippen molar-refractivity contribution in [1.29, 1.82) is 0 Å². The van der Waals surface area contributed by atoms with Crippen molar-refractivity contribution in [2.24, 2.45) is 0 Å². The SMILES string of the molecule is COc1ccc(CN2CCN(C(=O)c3cn(C4CCCCC4)nn3)CC2=O)cc1. The van der Waals surface area contributed by atoms with E-state index in [-0.39, 0.29) is 18.4 Å². The van der Waals surface area contributed by atoms with E-state index in [0.29, 0.717) is 31.4 Å². The minimum atomic E-state index is -0.218. The molecule has 0 N–H and O–H groups in total. The largest absolute Gasteiger partial charge is 0.497 e. The summed E-state index contributed by atoms with van der Waals surface area (Å²) in [5.74, 6) is 0.515. The maximum atomic E-state index is 12.8. The molecule has 8 nitrogen and oxygen atoms in total. The number of carbonyl (C=O) groups excluding carboxylic acids is 2. The van der Waals surface area contributed by atoms with Gasteiger partial charge >= 0.3 is 0 Å². The first-order chi connectivity index (χ1) is 14.1. The quantitative estimate of drug-likeness (QED) is 0.773. The lowest BCUT2D eigenvalue weighted by molar-refractivity contribution is -0.135. The van der Waals surface area contributed by atoms with E-state index in [1.165, 1.54) is 19.3 Å². The van der Waals surface area contributed by atoms with E-state index in [2.05, 4.69) is 10.3 Å². The third kappa shape index (κ3) is 4.41. The predicted octanol–water partition coefficient (Wildman–Crippen LogP) is 2.28. The van der Waals surface area contributed by atoms with Gasteiger partial charge in [0, 0.05) is 19.6 Å². The van der Waals surface area contributed by atoms with E-state index in [1.54, 1.807) is 23.1 Å². The van der Waals surface area contributed by atoms with Gasteiger partial charge in [-0.1, -0.05) is 36.6 Å². The maximum Gasteiger partial charge on any atom is 0.276 e. The van der Waals surface area contributed by atoms with Crippen molar-refractivity contribution >= 4 is 11.8 Å². The smallest absolute Gasteiger partial charge is 0.276 e. The highest BCUT2D eigenvalue weighted by atomic mass is 16.5. The summed E-state index contributed by atoms with van der Waals surface area (Å²) in [5, 5.41) is 8.25. The molecular weight excluding hydrogens is 370 g/mol. The lowest BCUT2D eigenvalue weighted by atomic mass is 9.96. The van der Waals surface area contributed by atoms with Crippen molar-refractivity contribution in [3.05, 3.63) is 41.7 Å². The normalized spacial score (nSPS) is 18.2. The van der Waals surface area contributed by atoms with E-state index in [4.69, 9.17) is 4.74 Å². The second-order valence-electron chi connectivity index (χ2n) is 7.77. The molecule has 2 aromatic rings. The number of ether oxygens (including phenoxy) is 1. The zero-order valence-corrected chi connectivity index (χ0v) is 16.8. The van der Waals surface area contributed by atoms with E-state index < -0.39 is 0 Å². The number of benzene rings is 1. The zero-order chi connectivity index (χ0) is 20.2. The Bertz CT molecular complexity index is 857. The van der Waals surface area contributed by atoms with Gasteiger partial charge in [-0.3, -0.25) is 9.59 Å².